The first kappa shape index (κ1) is 18.5. The summed E-state index contributed by atoms with van der Waals surface area (Å²) in [6, 6.07) is 7.17. The SMILES string of the molecule is COC(=O)c1ccc(CNC(=O)[C@@H]2C[C@H](C)CC[C@H]2C(C)C)cc1. The quantitative estimate of drug-likeness (QED) is 0.835. The first-order valence-electron chi connectivity index (χ1n) is 8.87. The fraction of sp³-hybridized carbons (Fsp3) is 0.600. The summed E-state index contributed by atoms with van der Waals surface area (Å²) in [7, 11) is 1.37. The van der Waals surface area contributed by atoms with Crippen LogP contribution in [0.4, 0.5) is 0 Å². The number of nitrogens with one attached hydrogen (secondary N) is 1. The van der Waals surface area contributed by atoms with Crippen molar-refractivity contribution in [1.29, 1.82) is 0 Å². The zero-order valence-electron chi connectivity index (χ0n) is 15.2. The van der Waals surface area contributed by atoms with Crippen molar-refractivity contribution in [3.63, 3.8) is 0 Å². The maximum absolute atomic E-state index is 12.7. The molecule has 1 N–H and O–H groups in total. The van der Waals surface area contributed by atoms with E-state index in [-0.39, 0.29) is 17.8 Å². The normalized spacial score (nSPS) is 23.8. The molecule has 0 heterocycles. The van der Waals surface area contributed by atoms with Crippen LogP contribution in [0.5, 0.6) is 0 Å². The van der Waals surface area contributed by atoms with E-state index in [1.54, 1.807) is 12.1 Å². The molecule has 0 bridgehead atoms. The minimum Gasteiger partial charge on any atom is -0.465 e. The van der Waals surface area contributed by atoms with E-state index < -0.39 is 0 Å². The Labute approximate surface area is 145 Å². The lowest BCUT2D eigenvalue weighted by atomic mass is 9.70. The van der Waals surface area contributed by atoms with Crippen LogP contribution < -0.4 is 5.32 Å². The molecule has 1 amide bonds. The second-order valence-corrected chi connectivity index (χ2v) is 7.34. The van der Waals surface area contributed by atoms with Gasteiger partial charge in [-0.05, 0) is 48.3 Å². The summed E-state index contributed by atoms with van der Waals surface area (Å²) in [5.74, 6) is 1.56. The number of hydrogen-bond donors (Lipinski definition) is 1. The van der Waals surface area contributed by atoms with E-state index in [9.17, 15) is 9.59 Å². The Morgan fingerprint density at radius 3 is 2.46 bits per heavy atom. The molecule has 132 valence electrons. The van der Waals surface area contributed by atoms with Gasteiger partial charge >= 0.3 is 5.97 Å². The second kappa shape index (κ2) is 8.32. The van der Waals surface area contributed by atoms with Crippen molar-refractivity contribution in [1.82, 2.24) is 5.32 Å². The smallest absolute Gasteiger partial charge is 0.337 e. The van der Waals surface area contributed by atoms with Gasteiger partial charge < -0.3 is 10.1 Å². The number of benzene rings is 1. The fourth-order valence-corrected chi connectivity index (χ4v) is 3.70. The Morgan fingerprint density at radius 2 is 1.88 bits per heavy atom. The monoisotopic (exact) mass is 331 g/mol. The van der Waals surface area contributed by atoms with Crippen LogP contribution >= 0.6 is 0 Å². The van der Waals surface area contributed by atoms with Gasteiger partial charge in [0.05, 0.1) is 12.7 Å². The van der Waals surface area contributed by atoms with Gasteiger partial charge in [-0.25, -0.2) is 4.79 Å². The molecule has 1 aromatic rings. The average molecular weight is 331 g/mol. The number of hydrogen-bond acceptors (Lipinski definition) is 3. The van der Waals surface area contributed by atoms with Gasteiger partial charge in [-0.3, -0.25) is 4.79 Å². The third kappa shape index (κ3) is 4.59. The van der Waals surface area contributed by atoms with E-state index in [0.29, 0.717) is 29.9 Å². The molecule has 0 spiro atoms. The van der Waals surface area contributed by atoms with Crippen molar-refractivity contribution >= 4 is 11.9 Å². The molecule has 1 saturated carbocycles. The Hall–Kier alpha value is -1.84. The van der Waals surface area contributed by atoms with E-state index in [4.69, 9.17) is 0 Å². The molecule has 4 heteroatoms. The number of carbonyl (C=O) groups excluding carboxylic acids is 2. The van der Waals surface area contributed by atoms with Crippen LogP contribution in [0, 0.1) is 23.7 Å². The Kier molecular flexibility index (Phi) is 6.41. The van der Waals surface area contributed by atoms with Crippen molar-refractivity contribution in [2.75, 3.05) is 7.11 Å². The van der Waals surface area contributed by atoms with E-state index in [2.05, 4.69) is 30.8 Å². The predicted molar refractivity (Wildman–Crippen MR) is 94.5 cm³/mol. The first-order chi connectivity index (χ1) is 11.4. The van der Waals surface area contributed by atoms with Crippen molar-refractivity contribution < 1.29 is 14.3 Å². The van der Waals surface area contributed by atoms with Crippen LogP contribution in [-0.4, -0.2) is 19.0 Å². The van der Waals surface area contributed by atoms with Gasteiger partial charge in [0.15, 0.2) is 0 Å². The Balaban J connectivity index is 1.95. The lowest BCUT2D eigenvalue weighted by Crippen LogP contribution is -2.39. The minimum absolute atomic E-state index is 0.114. The van der Waals surface area contributed by atoms with Crippen LogP contribution in [0.2, 0.25) is 0 Å². The maximum Gasteiger partial charge on any atom is 0.337 e. The number of ether oxygens (including phenoxy) is 1. The van der Waals surface area contributed by atoms with Crippen LogP contribution in [0.25, 0.3) is 0 Å². The number of esters is 1. The van der Waals surface area contributed by atoms with Crippen LogP contribution in [0.1, 0.15) is 56.0 Å². The first-order valence-corrected chi connectivity index (χ1v) is 8.87. The molecule has 0 radical (unpaired) electrons. The summed E-state index contributed by atoms with van der Waals surface area (Å²) in [4.78, 5) is 24.1. The summed E-state index contributed by atoms with van der Waals surface area (Å²) in [5, 5.41) is 3.08. The zero-order valence-corrected chi connectivity index (χ0v) is 15.2. The highest BCUT2D eigenvalue weighted by Gasteiger charge is 2.35. The number of amides is 1. The molecule has 2 rings (SSSR count). The summed E-state index contributed by atoms with van der Waals surface area (Å²) >= 11 is 0. The topological polar surface area (TPSA) is 55.4 Å². The molecule has 3 atom stereocenters. The summed E-state index contributed by atoms with van der Waals surface area (Å²) in [6.07, 6.45) is 3.35. The van der Waals surface area contributed by atoms with Crippen molar-refractivity contribution in [3.8, 4) is 0 Å². The summed E-state index contributed by atoms with van der Waals surface area (Å²) in [6.45, 7) is 7.16. The zero-order chi connectivity index (χ0) is 17.7. The van der Waals surface area contributed by atoms with Gasteiger partial charge in [0.1, 0.15) is 0 Å². The van der Waals surface area contributed by atoms with Crippen LogP contribution in [0.3, 0.4) is 0 Å². The van der Waals surface area contributed by atoms with Gasteiger partial charge in [-0.15, -0.1) is 0 Å². The van der Waals surface area contributed by atoms with Crippen molar-refractivity contribution in [2.24, 2.45) is 23.7 Å². The molecule has 0 unspecified atom stereocenters. The molecule has 1 aliphatic carbocycles. The maximum atomic E-state index is 12.7. The number of carbonyl (C=O) groups is 2. The third-order valence-corrected chi connectivity index (χ3v) is 5.20. The van der Waals surface area contributed by atoms with E-state index in [1.165, 1.54) is 13.5 Å². The highest BCUT2D eigenvalue weighted by Crippen LogP contribution is 2.38. The van der Waals surface area contributed by atoms with Crippen molar-refractivity contribution in [2.45, 2.75) is 46.6 Å². The second-order valence-electron chi connectivity index (χ2n) is 7.34. The third-order valence-electron chi connectivity index (χ3n) is 5.20. The average Bonchev–Trinajstić information content (AvgIpc) is 2.59. The van der Waals surface area contributed by atoms with Gasteiger partial charge in [0.25, 0.3) is 0 Å². The summed E-state index contributed by atoms with van der Waals surface area (Å²) < 4.78 is 4.69. The van der Waals surface area contributed by atoms with E-state index in [1.807, 2.05) is 12.1 Å². The minimum atomic E-state index is -0.346. The van der Waals surface area contributed by atoms with Gasteiger partial charge in [-0.2, -0.15) is 0 Å². The summed E-state index contributed by atoms with van der Waals surface area (Å²) in [5.41, 5.74) is 1.51. The Morgan fingerprint density at radius 1 is 1.21 bits per heavy atom. The predicted octanol–water partition coefficient (Wildman–Crippen LogP) is 3.80. The lowest BCUT2D eigenvalue weighted by Gasteiger charge is -2.36. The fourth-order valence-electron chi connectivity index (χ4n) is 3.70. The largest absolute Gasteiger partial charge is 0.465 e. The molecule has 1 aliphatic rings. The van der Waals surface area contributed by atoms with Gasteiger partial charge in [0, 0.05) is 12.5 Å². The van der Waals surface area contributed by atoms with Crippen molar-refractivity contribution in [3.05, 3.63) is 35.4 Å². The van der Waals surface area contributed by atoms with Crippen LogP contribution in [0.15, 0.2) is 24.3 Å². The van der Waals surface area contributed by atoms with E-state index in [0.717, 1.165) is 18.4 Å². The standard InChI is InChI=1S/C20H29NO3/c1-13(2)17-10-5-14(3)11-18(17)19(22)21-12-15-6-8-16(9-7-15)20(23)24-4/h6-9,13-14,17-18H,5,10-12H2,1-4H3,(H,21,22)/t14-,17+,18-/m1/s1. The highest BCUT2D eigenvalue weighted by molar-refractivity contribution is 5.89. The molecule has 1 aromatic carbocycles. The molecule has 0 saturated heterocycles. The number of rotatable bonds is 5. The molecule has 24 heavy (non-hydrogen) atoms. The molecule has 4 nitrogen and oxygen atoms in total. The van der Waals surface area contributed by atoms with Crippen LogP contribution in [-0.2, 0) is 16.1 Å². The molecular weight excluding hydrogens is 302 g/mol. The van der Waals surface area contributed by atoms with E-state index >= 15 is 0 Å². The molecule has 1 fully saturated rings. The Bertz CT molecular complexity index is 565. The molecule has 0 aliphatic heterocycles. The lowest BCUT2D eigenvalue weighted by molar-refractivity contribution is -0.129. The van der Waals surface area contributed by atoms with Gasteiger partial charge in [0.2, 0.25) is 5.91 Å². The molecular formula is C20H29NO3. The highest BCUT2D eigenvalue weighted by atomic mass is 16.5. The molecule has 0 aromatic heterocycles. The van der Waals surface area contributed by atoms with Gasteiger partial charge in [-0.1, -0.05) is 39.3 Å². The number of methoxy groups -OCH3 is 1.